The normalized spacial score (nSPS) is 14.3. The fourth-order valence-electron chi connectivity index (χ4n) is 5.20. The molecule has 10 heteroatoms. The van der Waals surface area contributed by atoms with Gasteiger partial charge in [0.2, 0.25) is 21.8 Å². The molecule has 1 unspecified atom stereocenters. The highest BCUT2D eigenvalue weighted by molar-refractivity contribution is 7.92. The van der Waals surface area contributed by atoms with Crippen LogP contribution in [0.1, 0.15) is 43.7 Å². The standard InChI is InChI=1S/C32H38FN3O5S/c1-3-41-29-19-17-28(18-20-29)36(42(2,39)40)23-31(37)35(22-25-13-15-26(33)16-14-25)30(21-24-9-5-4-6-10-24)32(38)34-27-11-7-8-12-27/h4-6,9-10,13-20,27,30H,3,7-8,11-12,21-23H2,1-2H3,(H,34,38). The molecule has 1 aliphatic carbocycles. The van der Waals surface area contributed by atoms with Crippen LogP contribution in [0.5, 0.6) is 5.75 Å². The summed E-state index contributed by atoms with van der Waals surface area (Å²) < 4.78 is 46.1. The van der Waals surface area contributed by atoms with E-state index in [0.717, 1.165) is 41.8 Å². The maximum atomic E-state index is 14.1. The number of nitrogens with one attached hydrogen (secondary N) is 1. The van der Waals surface area contributed by atoms with Crippen LogP contribution >= 0.6 is 0 Å². The first-order chi connectivity index (χ1) is 20.1. The molecule has 0 bridgehead atoms. The first-order valence-electron chi connectivity index (χ1n) is 14.2. The largest absolute Gasteiger partial charge is 0.494 e. The van der Waals surface area contributed by atoms with Gasteiger partial charge in [-0.3, -0.25) is 13.9 Å². The number of nitrogens with zero attached hydrogens (tertiary/aromatic N) is 2. The highest BCUT2D eigenvalue weighted by Crippen LogP contribution is 2.24. The van der Waals surface area contributed by atoms with E-state index in [2.05, 4.69) is 5.32 Å². The molecule has 1 saturated carbocycles. The number of ether oxygens (including phenoxy) is 1. The summed E-state index contributed by atoms with van der Waals surface area (Å²) in [6.07, 6.45) is 5.06. The molecule has 1 atom stereocenters. The number of rotatable bonds is 13. The van der Waals surface area contributed by atoms with Crippen molar-refractivity contribution in [3.8, 4) is 5.75 Å². The first kappa shape index (κ1) is 31.0. The maximum Gasteiger partial charge on any atom is 0.244 e. The molecule has 224 valence electrons. The van der Waals surface area contributed by atoms with Crippen LogP contribution in [0.3, 0.4) is 0 Å². The van der Waals surface area contributed by atoms with Crippen molar-refractivity contribution >= 4 is 27.5 Å². The Kier molecular flexibility index (Phi) is 10.6. The molecule has 0 aliphatic heterocycles. The van der Waals surface area contributed by atoms with E-state index in [9.17, 15) is 22.4 Å². The lowest BCUT2D eigenvalue weighted by atomic mass is 10.0. The fraction of sp³-hybridized carbons (Fsp3) is 0.375. The van der Waals surface area contributed by atoms with Crippen LogP contribution in [0.4, 0.5) is 10.1 Å². The number of carbonyl (C=O) groups is 2. The summed E-state index contributed by atoms with van der Waals surface area (Å²) in [7, 11) is -3.88. The zero-order chi connectivity index (χ0) is 30.1. The molecule has 1 aliphatic rings. The van der Waals surface area contributed by atoms with Crippen molar-refractivity contribution in [2.75, 3.05) is 23.7 Å². The number of amides is 2. The molecule has 0 spiro atoms. The Morgan fingerprint density at radius 1 is 0.952 bits per heavy atom. The van der Waals surface area contributed by atoms with Crippen molar-refractivity contribution in [3.63, 3.8) is 0 Å². The summed E-state index contributed by atoms with van der Waals surface area (Å²) >= 11 is 0. The number of anilines is 1. The van der Waals surface area contributed by atoms with E-state index in [0.29, 0.717) is 23.6 Å². The average Bonchev–Trinajstić information content (AvgIpc) is 3.48. The van der Waals surface area contributed by atoms with Gasteiger partial charge in [0.05, 0.1) is 18.6 Å². The molecule has 0 saturated heterocycles. The lowest BCUT2D eigenvalue weighted by Gasteiger charge is -2.34. The van der Waals surface area contributed by atoms with E-state index in [1.807, 2.05) is 37.3 Å². The van der Waals surface area contributed by atoms with Crippen LogP contribution in [-0.4, -0.2) is 56.6 Å². The molecular weight excluding hydrogens is 557 g/mol. The third-order valence-corrected chi connectivity index (χ3v) is 8.49. The van der Waals surface area contributed by atoms with Crippen molar-refractivity contribution in [2.24, 2.45) is 0 Å². The summed E-state index contributed by atoms with van der Waals surface area (Å²) in [6.45, 7) is 1.78. The number of hydrogen-bond donors (Lipinski definition) is 1. The highest BCUT2D eigenvalue weighted by atomic mass is 32.2. The van der Waals surface area contributed by atoms with Crippen molar-refractivity contribution < 1.29 is 27.1 Å². The Labute approximate surface area is 247 Å². The Hall–Kier alpha value is -3.92. The molecule has 0 heterocycles. The minimum absolute atomic E-state index is 0.00438. The Morgan fingerprint density at radius 3 is 2.19 bits per heavy atom. The lowest BCUT2D eigenvalue weighted by molar-refractivity contribution is -0.140. The zero-order valence-electron chi connectivity index (χ0n) is 24.0. The molecule has 2 amide bonds. The third-order valence-electron chi connectivity index (χ3n) is 7.35. The van der Waals surface area contributed by atoms with E-state index in [1.54, 1.807) is 36.4 Å². The van der Waals surface area contributed by atoms with Gasteiger partial charge >= 0.3 is 0 Å². The summed E-state index contributed by atoms with van der Waals surface area (Å²) in [5.74, 6) is -0.699. The smallest absolute Gasteiger partial charge is 0.244 e. The minimum atomic E-state index is -3.88. The SMILES string of the molecule is CCOc1ccc(N(CC(=O)N(Cc2ccc(F)cc2)C(Cc2ccccc2)C(=O)NC2CCCC2)S(C)(=O)=O)cc1. The van der Waals surface area contributed by atoms with E-state index in [-0.39, 0.29) is 24.9 Å². The monoisotopic (exact) mass is 595 g/mol. The molecule has 3 aromatic rings. The van der Waals surface area contributed by atoms with Gasteiger partial charge in [0.1, 0.15) is 24.2 Å². The molecule has 3 aromatic carbocycles. The lowest BCUT2D eigenvalue weighted by Crippen LogP contribution is -2.54. The van der Waals surface area contributed by atoms with Gasteiger partial charge in [-0.25, -0.2) is 12.8 Å². The van der Waals surface area contributed by atoms with E-state index in [1.165, 1.54) is 17.0 Å². The zero-order valence-corrected chi connectivity index (χ0v) is 24.9. The second kappa shape index (κ2) is 14.3. The molecule has 4 rings (SSSR count). The van der Waals surface area contributed by atoms with Gasteiger partial charge in [-0.1, -0.05) is 55.3 Å². The van der Waals surface area contributed by atoms with Crippen LogP contribution in [-0.2, 0) is 32.6 Å². The molecule has 0 aromatic heterocycles. The second-order valence-electron chi connectivity index (χ2n) is 10.5. The number of halogens is 1. The molecule has 42 heavy (non-hydrogen) atoms. The average molecular weight is 596 g/mol. The quantitative estimate of drug-likeness (QED) is 0.309. The number of benzene rings is 3. The Morgan fingerprint density at radius 2 is 1.60 bits per heavy atom. The maximum absolute atomic E-state index is 14.1. The molecule has 8 nitrogen and oxygen atoms in total. The van der Waals surface area contributed by atoms with Crippen molar-refractivity contribution in [1.82, 2.24) is 10.2 Å². The van der Waals surface area contributed by atoms with Gasteiger partial charge in [-0.05, 0) is 67.3 Å². The number of sulfonamides is 1. The summed E-state index contributed by atoms with van der Waals surface area (Å²) in [6, 6.07) is 20.6. The highest BCUT2D eigenvalue weighted by Gasteiger charge is 2.34. The number of hydrogen-bond acceptors (Lipinski definition) is 5. The van der Waals surface area contributed by atoms with Gasteiger partial charge in [0.15, 0.2) is 0 Å². The van der Waals surface area contributed by atoms with Crippen LogP contribution in [0.25, 0.3) is 0 Å². The van der Waals surface area contributed by atoms with Crippen molar-refractivity contribution in [3.05, 3.63) is 95.8 Å². The molecular formula is C32H38FN3O5S. The predicted molar refractivity (Wildman–Crippen MR) is 161 cm³/mol. The molecule has 1 N–H and O–H groups in total. The van der Waals surface area contributed by atoms with Crippen molar-refractivity contribution in [2.45, 2.75) is 57.7 Å². The van der Waals surface area contributed by atoms with E-state index < -0.39 is 34.3 Å². The van der Waals surface area contributed by atoms with Crippen molar-refractivity contribution in [1.29, 1.82) is 0 Å². The van der Waals surface area contributed by atoms with Crippen LogP contribution < -0.4 is 14.4 Å². The van der Waals surface area contributed by atoms with Gasteiger partial charge < -0.3 is 15.0 Å². The van der Waals surface area contributed by atoms with Gasteiger partial charge in [0, 0.05) is 19.0 Å². The molecule has 0 radical (unpaired) electrons. The van der Waals surface area contributed by atoms with E-state index >= 15 is 0 Å². The minimum Gasteiger partial charge on any atom is -0.494 e. The Balaban J connectivity index is 1.70. The van der Waals surface area contributed by atoms with E-state index in [4.69, 9.17) is 4.74 Å². The summed E-state index contributed by atoms with van der Waals surface area (Å²) in [4.78, 5) is 29.4. The van der Waals surface area contributed by atoms with Gasteiger partial charge in [-0.15, -0.1) is 0 Å². The van der Waals surface area contributed by atoms with Crippen LogP contribution in [0.2, 0.25) is 0 Å². The van der Waals surface area contributed by atoms with Crippen LogP contribution in [0.15, 0.2) is 78.9 Å². The van der Waals surface area contributed by atoms with Gasteiger partial charge in [-0.2, -0.15) is 0 Å². The Bertz CT molecular complexity index is 1430. The first-order valence-corrected chi connectivity index (χ1v) is 16.1. The summed E-state index contributed by atoms with van der Waals surface area (Å²) in [5, 5.41) is 3.12. The topological polar surface area (TPSA) is 96.0 Å². The fourth-order valence-corrected chi connectivity index (χ4v) is 6.05. The number of carbonyl (C=O) groups excluding carboxylic acids is 2. The van der Waals surface area contributed by atoms with Gasteiger partial charge in [0.25, 0.3) is 0 Å². The third kappa shape index (κ3) is 8.55. The molecule has 1 fully saturated rings. The second-order valence-corrected chi connectivity index (χ2v) is 12.4. The summed E-state index contributed by atoms with van der Waals surface area (Å²) in [5.41, 5.74) is 1.77. The van der Waals surface area contributed by atoms with Crippen LogP contribution in [0, 0.1) is 5.82 Å². The predicted octanol–water partition coefficient (Wildman–Crippen LogP) is 4.69.